The Hall–Kier alpha value is 0.660. The van der Waals surface area contributed by atoms with E-state index < -0.39 is 7.07 Å². The standard InChI is InChI=1S/C7H14NO2PS/c1-2-12-11(9)8-5-3-4-7(8)6-10-11/h7H,2-6H2,1H3/t7-,11?/m0/s1. The Labute approximate surface area is 77.8 Å². The summed E-state index contributed by atoms with van der Waals surface area (Å²) >= 11 is 1.48. The van der Waals surface area contributed by atoms with Crippen molar-refractivity contribution in [3.8, 4) is 0 Å². The second-order valence-corrected chi connectivity index (χ2v) is 7.84. The van der Waals surface area contributed by atoms with Gasteiger partial charge in [-0.3, -0.25) is 0 Å². The zero-order valence-electron chi connectivity index (χ0n) is 7.23. The van der Waals surface area contributed by atoms with Crippen LogP contribution in [0.1, 0.15) is 19.8 Å². The summed E-state index contributed by atoms with van der Waals surface area (Å²) in [5.74, 6) is 0.875. The normalized spacial score (nSPS) is 42.0. The first-order valence-electron chi connectivity index (χ1n) is 4.42. The maximum Gasteiger partial charge on any atom is 0.237 e. The van der Waals surface area contributed by atoms with Crippen molar-refractivity contribution in [1.29, 1.82) is 0 Å². The molecule has 0 N–H and O–H groups in total. The molecular weight excluding hydrogens is 193 g/mol. The molecule has 0 bridgehead atoms. The van der Waals surface area contributed by atoms with Crippen LogP contribution >= 0.6 is 18.5 Å². The lowest BCUT2D eigenvalue weighted by molar-refractivity contribution is -0.190. The molecule has 70 valence electrons. The van der Waals surface area contributed by atoms with E-state index in [1.807, 2.05) is 6.92 Å². The predicted molar refractivity (Wildman–Crippen MR) is 50.7 cm³/mol. The van der Waals surface area contributed by atoms with E-state index in [2.05, 4.69) is 4.67 Å². The highest BCUT2D eigenvalue weighted by Gasteiger charge is 2.51. The van der Waals surface area contributed by atoms with Gasteiger partial charge in [-0.25, -0.2) is 4.52 Å². The molecule has 5 heteroatoms. The highest BCUT2D eigenvalue weighted by Crippen LogP contribution is 2.71. The van der Waals surface area contributed by atoms with Gasteiger partial charge in [-0.2, -0.15) is 0 Å². The van der Waals surface area contributed by atoms with Gasteiger partial charge in [0, 0.05) is 12.3 Å². The van der Waals surface area contributed by atoms with E-state index in [1.54, 1.807) is 0 Å². The molecule has 0 aliphatic carbocycles. The zero-order valence-corrected chi connectivity index (χ0v) is 8.94. The predicted octanol–water partition coefficient (Wildman–Crippen LogP) is 1.27. The lowest BCUT2D eigenvalue weighted by Crippen LogP contribution is -2.27. The van der Waals surface area contributed by atoms with Crippen LogP contribution in [0.5, 0.6) is 0 Å². The first-order valence-corrected chi connectivity index (χ1v) is 7.59. The summed E-state index contributed by atoms with van der Waals surface area (Å²) in [6.45, 7) is 3.68. The smallest absolute Gasteiger partial charge is 0.237 e. The number of fused-ring (bicyclic) bond motifs is 1. The van der Waals surface area contributed by atoms with Crippen molar-refractivity contribution in [3.63, 3.8) is 0 Å². The van der Waals surface area contributed by atoms with Crippen molar-refractivity contribution < 1.29 is 9.42 Å². The Morgan fingerprint density at radius 1 is 1.75 bits per heavy atom. The Kier molecular flexibility index (Phi) is 2.64. The first-order chi connectivity index (χ1) is 5.76. The molecule has 2 aliphatic heterocycles. The van der Waals surface area contributed by atoms with Gasteiger partial charge in [0.25, 0.3) is 0 Å². The number of hydrogen-bond donors (Lipinski definition) is 0. The molecule has 3 nitrogen and oxygen atoms in total. The fourth-order valence-electron chi connectivity index (χ4n) is 1.84. The van der Waals surface area contributed by atoms with Gasteiger partial charge < -0.3 is 4.89 Å². The van der Waals surface area contributed by atoms with E-state index in [4.69, 9.17) is 4.52 Å². The van der Waals surface area contributed by atoms with Gasteiger partial charge in [-0.1, -0.05) is 6.92 Å². The second kappa shape index (κ2) is 3.43. The van der Waals surface area contributed by atoms with Crippen molar-refractivity contribution in [2.75, 3.05) is 18.9 Å². The third-order valence-corrected chi connectivity index (χ3v) is 7.30. The maximum atomic E-state index is 12.1. The SMILES string of the molecule is CCS[P+]1([O-])OC[C@@H]2CCCN21. The van der Waals surface area contributed by atoms with Gasteiger partial charge in [-0.15, -0.1) is 4.67 Å². The Bertz CT molecular complexity index is 179. The number of hydrogen-bond acceptors (Lipinski definition) is 4. The summed E-state index contributed by atoms with van der Waals surface area (Å²) in [5, 5.41) is 0. The fraction of sp³-hybridized carbons (Fsp3) is 1.00. The van der Waals surface area contributed by atoms with Crippen LogP contribution in [0.4, 0.5) is 0 Å². The van der Waals surface area contributed by atoms with Crippen molar-refractivity contribution in [3.05, 3.63) is 0 Å². The molecule has 0 radical (unpaired) electrons. The maximum absolute atomic E-state index is 12.1. The van der Waals surface area contributed by atoms with E-state index in [-0.39, 0.29) is 0 Å². The fourth-order valence-corrected chi connectivity index (χ4v) is 6.34. The highest BCUT2D eigenvalue weighted by molar-refractivity contribution is 8.57. The van der Waals surface area contributed by atoms with E-state index >= 15 is 0 Å². The van der Waals surface area contributed by atoms with E-state index in [9.17, 15) is 4.89 Å². The summed E-state index contributed by atoms with van der Waals surface area (Å²) in [4.78, 5) is 12.1. The molecule has 0 amide bonds. The summed E-state index contributed by atoms with van der Waals surface area (Å²) < 4.78 is 7.48. The van der Waals surface area contributed by atoms with Gasteiger partial charge in [0.1, 0.15) is 6.61 Å². The summed E-state index contributed by atoms with van der Waals surface area (Å²) in [6, 6.07) is 0.454. The van der Waals surface area contributed by atoms with Gasteiger partial charge in [0.2, 0.25) is 7.07 Å². The monoisotopic (exact) mass is 207 g/mol. The highest BCUT2D eigenvalue weighted by atomic mass is 32.7. The summed E-state index contributed by atoms with van der Waals surface area (Å²) in [7, 11) is -2.42. The molecule has 0 spiro atoms. The molecule has 2 saturated heterocycles. The van der Waals surface area contributed by atoms with E-state index in [0.717, 1.165) is 18.7 Å². The molecule has 1 unspecified atom stereocenters. The minimum atomic E-state index is -2.42. The average Bonchev–Trinajstić information content (AvgIpc) is 2.57. The Morgan fingerprint density at radius 3 is 3.33 bits per heavy atom. The number of nitrogens with zero attached hydrogens (tertiary/aromatic N) is 1. The molecule has 2 aliphatic rings. The van der Waals surface area contributed by atoms with Crippen LogP contribution in [-0.2, 0) is 4.52 Å². The molecule has 0 aromatic carbocycles. The third-order valence-electron chi connectivity index (χ3n) is 2.38. The lowest BCUT2D eigenvalue weighted by Gasteiger charge is -2.28. The molecule has 0 aromatic rings. The van der Waals surface area contributed by atoms with Crippen LogP contribution < -0.4 is 4.89 Å². The molecule has 2 rings (SSSR count). The summed E-state index contributed by atoms with van der Waals surface area (Å²) in [5.41, 5.74) is 0. The first kappa shape index (κ1) is 9.22. The van der Waals surface area contributed by atoms with Gasteiger partial charge in [-0.05, 0) is 12.8 Å². The molecule has 12 heavy (non-hydrogen) atoms. The minimum absolute atomic E-state index is 0.454. The second-order valence-electron chi connectivity index (χ2n) is 3.14. The topological polar surface area (TPSA) is 35.5 Å². The molecular formula is C7H14NO2PS. The zero-order chi connectivity index (χ0) is 8.60. The lowest BCUT2D eigenvalue weighted by atomic mass is 10.2. The van der Waals surface area contributed by atoms with Crippen molar-refractivity contribution in [2.24, 2.45) is 0 Å². The van der Waals surface area contributed by atoms with Crippen molar-refractivity contribution in [2.45, 2.75) is 25.8 Å². The van der Waals surface area contributed by atoms with Crippen LogP contribution in [0.2, 0.25) is 0 Å². The Morgan fingerprint density at radius 2 is 2.58 bits per heavy atom. The molecule has 0 aromatic heterocycles. The average molecular weight is 207 g/mol. The molecule has 2 atom stereocenters. The number of rotatable bonds is 2. The third kappa shape index (κ3) is 1.40. The van der Waals surface area contributed by atoms with Crippen molar-refractivity contribution in [1.82, 2.24) is 4.67 Å². The molecule has 2 heterocycles. The van der Waals surface area contributed by atoms with Gasteiger partial charge in [0.05, 0.1) is 17.4 Å². The van der Waals surface area contributed by atoms with E-state index in [0.29, 0.717) is 12.6 Å². The van der Waals surface area contributed by atoms with Crippen LogP contribution in [0, 0.1) is 0 Å². The van der Waals surface area contributed by atoms with Crippen LogP contribution in [0.25, 0.3) is 0 Å². The van der Waals surface area contributed by atoms with Crippen LogP contribution in [0.15, 0.2) is 0 Å². The van der Waals surface area contributed by atoms with Crippen LogP contribution in [0.3, 0.4) is 0 Å². The summed E-state index contributed by atoms with van der Waals surface area (Å²) in [6.07, 6.45) is 2.34. The van der Waals surface area contributed by atoms with Gasteiger partial charge >= 0.3 is 0 Å². The van der Waals surface area contributed by atoms with Gasteiger partial charge in [0.15, 0.2) is 0 Å². The largest absolute Gasteiger partial charge is 0.631 e. The van der Waals surface area contributed by atoms with E-state index in [1.165, 1.54) is 17.8 Å². The molecule has 2 fully saturated rings. The minimum Gasteiger partial charge on any atom is -0.631 e. The van der Waals surface area contributed by atoms with Crippen LogP contribution in [-0.4, -0.2) is 29.6 Å². The van der Waals surface area contributed by atoms with Crippen molar-refractivity contribution >= 4 is 18.5 Å². The Balaban J connectivity index is 2.06. The quantitative estimate of drug-likeness (QED) is 0.639. The molecule has 0 saturated carbocycles.